The van der Waals surface area contributed by atoms with E-state index in [1.807, 2.05) is 18.3 Å². The van der Waals surface area contributed by atoms with Crippen LogP contribution in [0.25, 0.3) is 10.4 Å². The number of likely N-dealkylation sites (N-methyl/N-ethyl adjacent to an activating group) is 1. The summed E-state index contributed by atoms with van der Waals surface area (Å²) in [4.78, 5) is 12.0. The molecular formula is C14H18ClN5S. The quantitative estimate of drug-likeness (QED) is 0.873. The van der Waals surface area contributed by atoms with E-state index in [1.165, 1.54) is 0 Å². The lowest BCUT2D eigenvalue weighted by atomic mass is 10.2. The smallest absolute Gasteiger partial charge is 0.137 e. The molecule has 1 aliphatic heterocycles. The summed E-state index contributed by atoms with van der Waals surface area (Å²) >= 11 is 7.77. The number of nitrogens with zero attached hydrogens (tertiary/aromatic N) is 4. The summed E-state index contributed by atoms with van der Waals surface area (Å²) in [6.45, 7) is 5.04. The summed E-state index contributed by atoms with van der Waals surface area (Å²) in [7, 11) is 2.15. The van der Waals surface area contributed by atoms with Gasteiger partial charge < -0.3 is 4.90 Å². The molecule has 0 atom stereocenters. The van der Waals surface area contributed by atoms with Gasteiger partial charge in [-0.15, -0.1) is 11.3 Å². The summed E-state index contributed by atoms with van der Waals surface area (Å²) in [6, 6.07) is 3.86. The number of aromatic nitrogens is 2. The van der Waals surface area contributed by atoms with Crippen molar-refractivity contribution in [3.8, 4) is 10.4 Å². The number of hydrazine groups is 1. The van der Waals surface area contributed by atoms with Crippen molar-refractivity contribution >= 4 is 22.9 Å². The van der Waals surface area contributed by atoms with Crippen LogP contribution in [0.2, 0.25) is 5.15 Å². The molecule has 0 aliphatic carbocycles. The molecule has 0 saturated carbocycles. The Labute approximate surface area is 133 Å². The molecule has 0 radical (unpaired) electrons. The first-order valence-corrected chi connectivity index (χ1v) is 8.14. The fraction of sp³-hybridized carbons (Fsp3) is 0.429. The monoisotopic (exact) mass is 323 g/mol. The van der Waals surface area contributed by atoms with Crippen molar-refractivity contribution in [1.82, 2.24) is 25.3 Å². The van der Waals surface area contributed by atoms with E-state index in [0.717, 1.165) is 48.2 Å². The summed E-state index contributed by atoms with van der Waals surface area (Å²) in [5, 5.41) is 3.85. The van der Waals surface area contributed by atoms with Gasteiger partial charge in [-0.05, 0) is 19.2 Å². The first kappa shape index (κ1) is 14.9. The van der Waals surface area contributed by atoms with Crippen LogP contribution >= 0.6 is 22.9 Å². The fourth-order valence-corrected chi connectivity index (χ4v) is 3.38. The lowest BCUT2D eigenvalue weighted by Gasteiger charge is -2.32. The van der Waals surface area contributed by atoms with Gasteiger partial charge in [-0.1, -0.05) is 11.6 Å². The number of hydrogen-bond acceptors (Lipinski definition) is 6. The van der Waals surface area contributed by atoms with Gasteiger partial charge in [0.25, 0.3) is 0 Å². The van der Waals surface area contributed by atoms with E-state index < -0.39 is 0 Å². The van der Waals surface area contributed by atoms with Crippen LogP contribution in [0.1, 0.15) is 5.01 Å². The highest BCUT2D eigenvalue weighted by atomic mass is 35.5. The van der Waals surface area contributed by atoms with E-state index in [2.05, 4.69) is 32.4 Å². The van der Waals surface area contributed by atoms with E-state index >= 15 is 0 Å². The van der Waals surface area contributed by atoms with Crippen molar-refractivity contribution in [3.63, 3.8) is 0 Å². The number of rotatable bonds is 4. The van der Waals surface area contributed by atoms with Crippen LogP contribution in [0, 0.1) is 0 Å². The van der Waals surface area contributed by atoms with Crippen molar-refractivity contribution in [2.45, 2.75) is 6.54 Å². The lowest BCUT2D eigenvalue weighted by Crippen LogP contribution is -2.50. The molecule has 7 heteroatoms. The van der Waals surface area contributed by atoms with Gasteiger partial charge in [0.15, 0.2) is 0 Å². The summed E-state index contributed by atoms with van der Waals surface area (Å²) in [6.07, 6.45) is 3.57. The molecule has 5 nitrogen and oxygen atoms in total. The molecule has 3 rings (SSSR count). The highest BCUT2D eigenvalue weighted by molar-refractivity contribution is 7.15. The minimum atomic E-state index is 0.528. The van der Waals surface area contributed by atoms with Gasteiger partial charge in [0.1, 0.15) is 10.2 Å². The first-order valence-electron chi connectivity index (χ1n) is 6.95. The molecule has 0 unspecified atom stereocenters. The van der Waals surface area contributed by atoms with Gasteiger partial charge in [0.05, 0.1) is 11.4 Å². The highest BCUT2D eigenvalue weighted by Gasteiger charge is 2.14. The molecule has 2 aromatic rings. The van der Waals surface area contributed by atoms with Crippen LogP contribution in [0.15, 0.2) is 24.5 Å². The second-order valence-electron chi connectivity index (χ2n) is 5.09. The van der Waals surface area contributed by atoms with Gasteiger partial charge >= 0.3 is 0 Å². The van der Waals surface area contributed by atoms with Crippen LogP contribution in [0.5, 0.6) is 0 Å². The summed E-state index contributed by atoms with van der Waals surface area (Å²) in [5.41, 5.74) is 4.39. The molecule has 2 aromatic heterocycles. The second kappa shape index (κ2) is 6.81. The topological polar surface area (TPSA) is 44.3 Å². The Morgan fingerprint density at radius 1 is 1.29 bits per heavy atom. The number of piperazine rings is 1. The largest absolute Gasteiger partial charge is 0.304 e. The molecule has 0 spiro atoms. The fourth-order valence-electron chi connectivity index (χ4n) is 2.23. The third-order valence-electron chi connectivity index (χ3n) is 3.54. The zero-order chi connectivity index (χ0) is 14.7. The second-order valence-corrected chi connectivity index (χ2v) is 6.56. The van der Waals surface area contributed by atoms with Crippen LogP contribution < -0.4 is 5.43 Å². The van der Waals surface area contributed by atoms with Crippen LogP contribution in [-0.2, 0) is 6.54 Å². The van der Waals surface area contributed by atoms with Gasteiger partial charge in [0, 0.05) is 44.1 Å². The minimum Gasteiger partial charge on any atom is -0.304 e. The Balaban J connectivity index is 1.59. The Kier molecular flexibility index (Phi) is 4.82. The van der Waals surface area contributed by atoms with Crippen LogP contribution in [-0.4, -0.2) is 53.1 Å². The van der Waals surface area contributed by atoms with Crippen molar-refractivity contribution in [2.24, 2.45) is 0 Å². The average Bonchev–Trinajstić information content (AvgIpc) is 2.96. The van der Waals surface area contributed by atoms with Gasteiger partial charge in [0.2, 0.25) is 0 Å². The Bertz CT molecular complexity index is 595. The van der Waals surface area contributed by atoms with E-state index in [-0.39, 0.29) is 0 Å². The molecular weight excluding hydrogens is 306 g/mol. The molecule has 1 N–H and O–H groups in total. The number of thiazole rings is 1. The number of pyridine rings is 1. The maximum absolute atomic E-state index is 6.12. The Hall–Kier alpha value is -1.05. The molecule has 0 amide bonds. The zero-order valence-electron chi connectivity index (χ0n) is 11.9. The normalized spacial score (nSPS) is 17.2. The van der Waals surface area contributed by atoms with Crippen molar-refractivity contribution < 1.29 is 0 Å². The standard InChI is InChI=1S/C14H18ClN5S/c1-19-5-7-20(8-6-19)18-10-13-17-9-12(21-13)11-3-2-4-16-14(11)15/h2-4,9,18H,5-8,10H2,1H3. The Morgan fingerprint density at radius 3 is 2.86 bits per heavy atom. The molecule has 21 heavy (non-hydrogen) atoms. The predicted molar refractivity (Wildman–Crippen MR) is 86.3 cm³/mol. The average molecular weight is 324 g/mol. The van der Waals surface area contributed by atoms with Crippen LogP contribution in [0.3, 0.4) is 0 Å². The maximum Gasteiger partial charge on any atom is 0.137 e. The van der Waals surface area contributed by atoms with Crippen molar-refractivity contribution in [2.75, 3.05) is 33.2 Å². The molecule has 1 fully saturated rings. The molecule has 0 bridgehead atoms. The van der Waals surface area contributed by atoms with Crippen LogP contribution in [0.4, 0.5) is 0 Å². The number of halogens is 1. The van der Waals surface area contributed by atoms with E-state index in [0.29, 0.717) is 5.15 Å². The minimum absolute atomic E-state index is 0.528. The van der Waals surface area contributed by atoms with Crippen molar-refractivity contribution in [3.05, 3.63) is 34.7 Å². The molecule has 112 valence electrons. The third-order valence-corrected chi connectivity index (χ3v) is 4.87. The predicted octanol–water partition coefficient (Wildman–Crippen LogP) is 2.11. The summed E-state index contributed by atoms with van der Waals surface area (Å²) in [5.74, 6) is 0. The third kappa shape index (κ3) is 3.78. The number of nitrogens with one attached hydrogen (secondary N) is 1. The number of hydrogen-bond donors (Lipinski definition) is 1. The highest BCUT2D eigenvalue weighted by Crippen LogP contribution is 2.30. The lowest BCUT2D eigenvalue weighted by molar-refractivity contribution is 0.102. The molecule has 1 saturated heterocycles. The van der Waals surface area contributed by atoms with Gasteiger partial charge in [-0.2, -0.15) is 0 Å². The Morgan fingerprint density at radius 2 is 2.10 bits per heavy atom. The molecule has 1 aliphatic rings. The van der Waals surface area contributed by atoms with E-state index in [4.69, 9.17) is 11.6 Å². The SMILES string of the molecule is CN1CCN(NCc2ncc(-c3cccnc3Cl)s2)CC1. The summed E-state index contributed by atoms with van der Waals surface area (Å²) < 4.78 is 0. The van der Waals surface area contributed by atoms with E-state index in [9.17, 15) is 0 Å². The first-order chi connectivity index (χ1) is 10.2. The van der Waals surface area contributed by atoms with Gasteiger partial charge in [-0.3, -0.25) is 0 Å². The zero-order valence-corrected chi connectivity index (χ0v) is 13.5. The van der Waals surface area contributed by atoms with E-state index in [1.54, 1.807) is 17.5 Å². The van der Waals surface area contributed by atoms with Gasteiger partial charge in [-0.25, -0.2) is 20.4 Å². The maximum atomic E-state index is 6.12. The molecule has 3 heterocycles. The molecule has 0 aromatic carbocycles. The van der Waals surface area contributed by atoms with Crippen molar-refractivity contribution in [1.29, 1.82) is 0 Å².